The van der Waals surface area contributed by atoms with Crippen molar-refractivity contribution >= 4 is 32.2 Å². The van der Waals surface area contributed by atoms with Crippen molar-refractivity contribution in [2.24, 2.45) is 0 Å². The quantitative estimate of drug-likeness (QED) is 0.482. The fourth-order valence-corrected chi connectivity index (χ4v) is 1.41. The van der Waals surface area contributed by atoms with Gasteiger partial charge in [0.05, 0.1) is 5.56 Å². The number of aromatic carboxylic acids is 1. The first kappa shape index (κ1) is 13.3. The monoisotopic (exact) mass is 248 g/mol. The molecule has 6 heteroatoms. The van der Waals surface area contributed by atoms with Crippen molar-refractivity contribution in [2.75, 3.05) is 0 Å². The van der Waals surface area contributed by atoms with Gasteiger partial charge in [-0.25, -0.2) is 4.79 Å². The van der Waals surface area contributed by atoms with Gasteiger partial charge in [0.15, 0.2) is 0 Å². The van der Waals surface area contributed by atoms with Crippen LogP contribution in [0.25, 0.3) is 10.8 Å². The SMILES string of the molecule is O=C(O)c1cccc2ccccc12.[O]=[Al][O]O. The molecule has 0 fully saturated rings. The summed E-state index contributed by atoms with van der Waals surface area (Å²) in [5, 5.41) is 17.7. The van der Waals surface area contributed by atoms with Crippen LogP contribution < -0.4 is 0 Å². The first-order valence-electron chi connectivity index (χ1n) is 4.65. The molecule has 0 saturated heterocycles. The number of rotatable bonds is 2. The number of hydrogen-bond acceptors (Lipinski definition) is 4. The molecular formula is C11H9AlO5. The Morgan fingerprint density at radius 1 is 1.12 bits per heavy atom. The molecule has 0 spiro atoms. The summed E-state index contributed by atoms with van der Waals surface area (Å²) in [5.74, 6) is -0.878. The molecule has 0 amide bonds. The van der Waals surface area contributed by atoms with Crippen LogP contribution in [-0.2, 0) is 7.74 Å². The fraction of sp³-hybridized carbons (Fsp3) is 0. The second-order valence-corrected chi connectivity index (χ2v) is 3.44. The van der Waals surface area contributed by atoms with Gasteiger partial charge in [-0.05, 0) is 16.8 Å². The van der Waals surface area contributed by atoms with Gasteiger partial charge in [-0.2, -0.15) is 0 Å². The molecule has 0 unspecified atom stereocenters. The molecule has 2 aromatic rings. The van der Waals surface area contributed by atoms with Crippen LogP contribution in [0.5, 0.6) is 0 Å². The van der Waals surface area contributed by atoms with Gasteiger partial charge in [-0.15, -0.1) is 0 Å². The molecule has 2 N–H and O–H groups in total. The van der Waals surface area contributed by atoms with Gasteiger partial charge in [0, 0.05) is 0 Å². The summed E-state index contributed by atoms with van der Waals surface area (Å²) < 4.78 is 12.0. The van der Waals surface area contributed by atoms with Crippen molar-refractivity contribution in [2.45, 2.75) is 0 Å². The first-order chi connectivity index (χ1) is 8.20. The Morgan fingerprint density at radius 3 is 2.29 bits per heavy atom. The Kier molecular flexibility index (Phi) is 5.30. The molecule has 0 bridgehead atoms. The zero-order chi connectivity index (χ0) is 12.7. The van der Waals surface area contributed by atoms with Crippen LogP contribution in [-0.4, -0.2) is 31.8 Å². The van der Waals surface area contributed by atoms with Crippen molar-refractivity contribution in [3.8, 4) is 0 Å². The molecule has 0 atom stereocenters. The minimum absolute atomic E-state index is 0.359. The van der Waals surface area contributed by atoms with E-state index in [4.69, 9.17) is 14.2 Å². The molecular weight excluding hydrogens is 239 g/mol. The molecule has 0 aliphatic rings. The van der Waals surface area contributed by atoms with E-state index >= 15 is 0 Å². The van der Waals surface area contributed by atoms with Crippen LogP contribution in [0.4, 0.5) is 0 Å². The predicted molar refractivity (Wildman–Crippen MR) is 61.1 cm³/mol. The Hall–Kier alpha value is -1.74. The number of carbonyl (C=O) groups is 1. The van der Waals surface area contributed by atoms with Gasteiger partial charge in [-0.1, -0.05) is 36.4 Å². The van der Waals surface area contributed by atoms with Crippen molar-refractivity contribution in [1.29, 1.82) is 0 Å². The second-order valence-electron chi connectivity index (χ2n) is 3.03. The zero-order valence-corrected chi connectivity index (χ0v) is 9.89. The maximum atomic E-state index is 10.8. The molecule has 0 saturated carbocycles. The van der Waals surface area contributed by atoms with Crippen molar-refractivity contribution < 1.29 is 22.9 Å². The average Bonchev–Trinajstić information content (AvgIpc) is 2.38. The molecule has 0 aromatic heterocycles. The van der Waals surface area contributed by atoms with Gasteiger partial charge in [0.1, 0.15) is 0 Å². The molecule has 5 nitrogen and oxygen atoms in total. The van der Waals surface area contributed by atoms with Gasteiger partial charge in [-0.3, -0.25) is 0 Å². The van der Waals surface area contributed by atoms with Gasteiger partial charge < -0.3 is 5.11 Å². The van der Waals surface area contributed by atoms with Crippen molar-refractivity contribution in [3.63, 3.8) is 0 Å². The molecule has 86 valence electrons. The second kappa shape index (κ2) is 6.76. The van der Waals surface area contributed by atoms with E-state index in [9.17, 15) is 4.79 Å². The Labute approximate surface area is 103 Å². The van der Waals surface area contributed by atoms with E-state index in [1.165, 1.54) is 0 Å². The maximum absolute atomic E-state index is 10.8. The zero-order valence-electron chi connectivity index (χ0n) is 8.74. The molecule has 0 radical (unpaired) electrons. The Bertz CT molecular complexity index is 521. The summed E-state index contributed by atoms with van der Waals surface area (Å²) >= 11 is -1.41. The van der Waals surface area contributed by atoms with Gasteiger partial charge >= 0.3 is 34.5 Å². The van der Waals surface area contributed by atoms with Crippen LogP contribution in [0.2, 0.25) is 0 Å². The topological polar surface area (TPSA) is 83.8 Å². The summed E-state index contributed by atoms with van der Waals surface area (Å²) in [6.45, 7) is 0. The Balaban J connectivity index is 0.000000317. The summed E-state index contributed by atoms with van der Waals surface area (Å²) in [6, 6.07) is 12.7. The van der Waals surface area contributed by atoms with E-state index in [0.717, 1.165) is 10.8 Å². The summed E-state index contributed by atoms with van der Waals surface area (Å²) in [6.07, 6.45) is 0. The fourth-order valence-electron chi connectivity index (χ4n) is 1.41. The van der Waals surface area contributed by atoms with E-state index < -0.39 is 21.5 Å². The number of benzene rings is 2. The van der Waals surface area contributed by atoms with Gasteiger partial charge in [0.25, 0.3) is 0 Å². The van der Waals surface area contributed by atoms with Crippen LogP contribution in [0.1, 0.15) is 10.4 Å². The summed E-state index contributed by atoms with van der Waals surface area (Å²) in [5.41, 5.74) is 0.359. The third-order valence-corrected chi connectivity index (χ3v) is 2.15. The third kappa shape index (κ3) is 3.64. The van der Waals surface area contributed by atoms with Crippen LogP contribution >= 0.6 is 0 Å². The molecule has 0 heterocycles. The molecule has 0 aliphatic carbocycles. The van der Waals surface area contributed by atoms with E-state index in [1.54, 1.807) is 12.1 Å². The van der Waals surface area contributed by atoms with E-state index in [-0.39, 0.29) is 0 Å². The normalized spacial score (nSPS) is 8.76. The van der Waals surface area contributed by atoms with Crippen LogP contribution in [0.3, 0.4) is 0 Å². The molecule has 2 aromatic carbocycles. The number of hydrogen-bond donors (Lipinski definition) is 2. The molecule has 0 aliphatic heterocycles. The summed E-state index contributed by atoms with van der Waals surface area (Å²) in [7, 11) is 0. The van der Waals surface area contributed by atoms with Crippen LogP contribution in [0.15, 0.2) is 42.5 Å². The predicted octanol–water partition coefficient (Wildman–Crippen LogP) is 1.98. The minimum atomic E-state index is -1.41. The van der Waals surface area contributed by atoms with Crippen molar-refractivity contribution in [1.82, 2.24) is 0 Å². The van der Waals surface area contributed by atoms with Crippen molar-refractivity contribution in [3.05, 3.63) is 48.0 Å². The standard InChI is InChI=1S/C11H8O2.Al.H2O2.O/c12-11(13)10-7-3-5-8-4-1-2-6-9(8)10;;1-2;/h1-7H,(H,12,13);;1-2H;/q;+1;;/p-1. The first-order valence-corrected chi connectivity index (χ1v) is 5.60. The average molecular weight is 248 g/mol. The number of carboxylic acids is 1. The van der Waals surface area contributed by atoms with E-state index in [2.05, 4.69) is 3.94 Å². The third-order valence-electron chi connectivity index (χ3n) is 2.06. The number of carboxylic acid groups (broad SMARTS) is 1. The number of fused-ring (bicyclic) bond motifs is 1. The summed E-state index contributed by atoms with van der Waals surface area (Å²) in [4.78, 5) is 10.8. The molecule has 2 rings (SSSR count). The Morgan fingerprint density at radius 2 is 1.71 bits per heavy atom. The van der Waals surface area contributed by atoms with E-state index in [1.807, 2.05) is 30.3 Å². The van der Waals surface area contributed by atoms with Crippen LogP contribution in [0, 0.1) is 0 Å². The van der Waals surface area contributed by atoms with E-state index in [0.29, 0.717) is 5.56 Å². The molecule has 17 heavy (non-hydrogen) atoms. The van der Waals surface area contributed by atoms with Gasteiger partial charge in [0.2, 0.25) is 0 Å².